The molecule has 3 rings (SSSR count). The van der Waals surface area contributed by atoms with E-state index in [4.69, 9.17) is 10.5 Å². The van der Waals surface area contributed by atoms with Crippen molar-refractivity contribution in [3.63, 3.8) is 0 Å². The summed E-state index contributed by atoms with van der Waals surface area (Å²) in [6.07, 6.45) is 10.3. The molecular weight excluding hydrogens is 431 g/mol. The lowest BCUT2D eigenvalue weighted by Crippen LogP contribution is -2.47. The van der Waals surface area contributed by atoms with Gasteiger partial charge in [0.15, 0.2) is 0 Å². The Balaban J connectivity index is 0.000000578. The van der Waals surface area contributed by atoms with Crippen LogP contribution in [-0.2, 0) is 28.7 Å². The molecule has 1 saturated heterocycles. The Kier molecular flexibility index (Phi) is 11.9. The van der Waals surface area contributed by atoms with Crippen LogP contribution in [0.25, 0.3) is 0 Å². The molecule has 1 aromatic rings. The number of ether oxygens (including phenoxy) is 1. The number of pyridine rings is 1. The van der Waals surface area contributed by atoms with Crippen LogP contribution in [0.2, 0.25) is 0 Å². The molecule has 2 aliphatic rings. The van der Waals surface area contributed by atoms with Gasteiger partial charge in [0.1, 0.15) is 0 Å². The van der Waals surface area contributed by atoms with E-state index in [2.05, 4.69) is 17.8 Å². The van der Waals surface area contributed by atoms with E-state index in [0.29, 0.717) is 37.2 Å². The van der Waals surface area contributed by atoms with Crippen molar-refractivity contribution < 1.29 is 22.7 Å². The zero-order chi connectivity index (χ0) is 25.1. The van der Waals surface area contributed by atoms with Gasteiger partial charge in [-0.05, 0) is 56.2 Å². The minimum Gasteiger partial charge on any atom is -0.381 e. The number of nitrogens with zero attached hydrogens (tertiary/aromatic N) is 2. The van der Waals surface area contributed by atoms with Crippen LogP contribution in [0.1, 0.15) is 69.7 Å². The Bertz CT molecular complexity index is 749. The monoisotopic (exact) mass is 469 g/mol. The van der Waals surface area contributed by atoms with Crippen LogP contribution in [-0.4, -0.2) is 42.1 Å². The van der Waals surface area contributed by atoms with Crippen LogP contribution in [0, 0.1) is 24.2 Å². The molecule has 0 aliphatic carbocycles. The molecule has 1 aromatic heterocycles. The van der Waals surface area contributed by atoms with E-state index >= 15 is 0 Å². The van der Waals surface area contributed by atoms with Crippen LogP contribution >= 0.6 is 0 Å². The second kappa shape index (κ2) is 13.6. The Morgan fingerprint density at radius 3 is 2.33 bits per heavy atom. The van der Waals surface area contributed by atoms with Gasteiger partial charge in [-0.1, -0.05) is 20.8 Å². The fraction of sp³-hybridized carbons (Fsp3) is 0.680. The summed E-state index contributed by atoms with van der Waals surface area (Å²) < 4.78 is 43.8. The third kappa shape index (κ3) is 8.31. The standard InChI is InChI=1S/C18H26F3N3O.C5H10O.C2H2/c1-12(2)17(3,6-4-7-22)16(25)24-8-5-15-13(11-24)9-14(10-23-15)18(19,20)21;1-2-4-6-5-3-1;1-2/h9-10,12H,4-8,11,22H2,1-3H3;1-5H2;1-2H/t17-;;/m1../s1. The van der Waals surface area contributed by atoms with Crippen LogP contribution in [0.4, 0.5) is 13.2 Å². The van der Waals surface area contributed by atoms with Gasteiger partial charge in [0.05, 0.1) is 5.56 Å². The van der Waals surface area contributed by atoms with Crippen molar-refractivity contribution in [1.29, 1.82) is 0 Å². The molecule has 0 saturated carbocycles. The minimum absolute atomic E-state index is 0.0148. The number of carbonyl (C=O) groups excluding carboxylic acids is 1. The van der Waals surface area contributed by atoms with Crippen molar-refractivity contribution in [2.45, 2.75) is 72.0 Å². The molecular formula is C25H38F3N3O2. The summed E-state index contributed by atoms with van der Waals surface area (Å²) in [5.41, 5.74) is 5.39. The smallest absolute Gasteiger partial charge is 0.381 e. The van der Waals surface area contributed by atoms with Gasteiger partial charge < -0.3 is 15.4 Å². The molecule has 3 heterocycles. The number of hydrogen-bond acceptors (Lipinski definition) is 4. The zero-order valence-corrected chi connectivity index (χ0v) is 20.1. The van der Waals surface area contributed by atoms with Crippen molar-refractivity contribution in [1.82, 2.24) is 9.88 Å². The van der Waals surface area contributed by atoms with Gasteiger partial charge in [-0.15, -0.1) is 12.8 Å². The first-order chi connectivity index (χ1) is 15.6. The lowest BCUT2D eigenvalue weighted by atomic mass is 9.74. The number of alkyl halides is 3. The molecule has 0 spiro atoms. The Labute approximate surface area is 196 Å². The summed E-state index contributed by atoms with van der Waals surface area (Å²) in [6, 6.07) is 1.12. The first-order valence-electron chi connectivity index (χ1n) is 11.5. The molecule has 0 aromatic carbocycles. The summed E-state index contributed by atoms with van der Waals surface area (Å²) in [5, 5.41) is 0. The highest BCUT2D eigenvalue weighted by Gasteiger charge is 2.40. The molecule has 2 N–H and O–H groups in total. The quantitative estimate of drug-likeness (QED) is 0.628. The number of hydrogen-bond donors (Lipinski definition) is 1. The van der Waals surface area contributed by atoms with Crippen LogP contribution in [0.15, 0.2) is 12.3 Å². The summed E-state index contributed by atoms with van der Waals surface area (Å²) in [4.78, 5) is 18.7. The molecule has 1 atom stereocenters. The van der Waals surface area contributed by atoms with E-state index in [0.717, 1.165) is 31.9 Å². The third-order valence-corrected chi connectivity index (χ3v) is 6.39. The number of amides is 1. The van der Waals surface area contributed by atoms with E-state index in [1.165, 1.54) is 19.3 Å². The first kappa shape index (κ1) is 28.9. The molecule has 0 unspecified atom stereocenters. The van der Waals surface area contributed by atoms with E-state index in [1.807, 2.05) is 20.8 Å². The van der Waals surface area contributed by atoms with Crippen molar-refractivity contribution in [2.24, 2.45) is 17.1 Å². The maximum Gasteiger partial charge on any atom is 0.417 e. The van der Waals surface area contributed by atoms with Gasteiger partial charge in [0, 0.05) is 50.0 Å². The maximum atomic E-state index is 13.1. The van der Waals surface area contributed by atoms with Gasteiger partial charge in [0.2, 0.25) is 5.91 Å². The van der Waals surface area contributed by atoms with E-state index in [-0.39, 0.29) is 18.4 Å². The van der Waals surface area contributed by atoms with E-state index in [9.17, 15) is 18.0 Å². The highest BCUT2D eigenvalue weighted by atomic mass is 19.4. The average Bonchev–Trinajstić information content (AvgIpc) is 2.83. The second-order valence-electron chi connectivity index (χ2n) is 8.94. The highest BCUT2D eigenvalue weighted by molar-refractivity contribution is 5.83. The summed E-state index contributed by atoms with van der Waals surface area (Å²) >= 11 is 0. The van der Waals surface area contributed by atoms with Gasteiger partial charge in [-0.3, -0.25) is 9.78 Å². The number of halogens is 3. The number of carbonyl (C=O) groups is 1. The zero-order valence-electron chi connectivity index (χ0n) is 20.1. The third-order valence-electron chi connectivity index (χ3n) is 6.39. The average molecular weight is 470 g/mol. The molecule has 1 fully saturated rings. The lowest BCUT2D eigenvalue weighted by Gasteiger charge is -2.39. The van der Waals surface area contributed by atoms with E-state index < -0.39 is 17.2 Å². The molecule has 33 heavy (non-hydrogen) atoms. The largest absolute Gasteiger partial charge is 0.417 e. The molecule has 0 radical (unpaired) electrons. The molecule has 186 valence electrons. The highest BCUT2D eigenvalue weighted by Crippen LogP contribution is 2.36. The van der Waals surface area contributed by atoms with Gasteiger partial charge in [0.25, 0.3) is 0 Å². The molecule has 2 aliphatic heterocycles. The van der Waals surface area contributed by atoms with E-state index in [1.54, 1.807) is 4.90 Å². The van der Waals surface area contributed by atoms with Crippen LogP contribution < -0.4 is 5.73 Å². The molecule has 8 heteroatoms. The first-order valence-corrected chi connectivity index (χ1v) is 11.5. The van der Waals surface area contributed by atoms with Crippen LogP contribution in [0.3, 0.4) is 0 Å². The number of nitrogens with two attached hydrogens (primary N) is 1. The number of terminal acetylenes is 1. The summed E-state index contributed by atoms with van der Waals surface area (Å²) in [7, 11) is 0. The molecule has 0 bridgehead atoms. The minimum atomic E-state index is -4.43. The Morgan fingerprint density at radius 1 is 1.24 bits per heavy atom. The fourth-order valence-corrected chi connectivity index (χ4v) is 3.91. The van der Waals surface area contributed by atoms with Crippen molar-refractivity contribution in [2.75, 3.05) is 26.3 Å². The van der Waals surface area contributed by atoms with Gasteiger partial charge >= 0.3 is 6.18 Å². The van der Waals surface area contributed by atoms with Crippen molar-refractivity contribution in [3.05, 3.63) is 29.1 Å². The fourth-order valence-electron chi connectivity index (χ4n) is 3.91. The second-order valence-corrected chi connectivity index (χ2v) is 8.94. The van der Waals surface area contributed by atoms with Crippen molar-refractivity contribution >= 4 is 5.91 Å². The SMILES string of the molecule is C#C.C1CCOCC1.CC(C)[C@@](C)(CCCN)C(=O)N1CCc2ncc(C(F)(F)F)cc2C1. The number of aromatic nitrogens is 1. The Hall–Kier alpha value is -2.11. The van der Waals surface area contributed by atoms with Gasteiger partial charge in [-0.2, -0.15) is 13.2 Å². The van der Waals surface area contributed by atoms with Gasteiger partial charge in [-0.25, -0.2) is 0 Å². The summed E-state index contributed by atoms with van der Waals surface area (Å²) in [6.45, 7) is 9.09. The topological polar surface area (TPSA) is 68.5 Å². The number of rotatable bonds is 5. The maximum absolute atomic E-state index is 13.1. The lowest BCUT2D eigenvalue weighted by molar-refractivity contribution is -0.145. The predicted octanol–water partition coefficient (Wildman–Crippen LogP) is 4.82. The van der Waals surface area contributed by atoms with Crippen LogP contribution in [0.5, 0.6) is 0 Å². The Morgan fingerprint density at radius 2 is 1.88 bits per heavy atom. The summed E-state index contributed by atoms with van der Waals surface area (Å²) in [5.74, 6) is 0.103. The molecule has 5 nitrogen and oxygen atoms in total. The number of fused-ring (bicyclic) bond motifs is 1. The molecule has 1 amide bonds. The normalized spacial score (nSPS) is 17.6. The predicted molar refractivity (Wildman–Crippen MR) is 124 cm³/mol. The van der Waals surface area contributed by atoms with Crippen molar-refractivity contribution in [3.8, 4) is 12.8 Å².